The monoisotopic (exact) mass is 493 g/mol. The smallest absolute Gasteiger partial charge is 0.254 e. The van der Waals surface area contributed by atoms with E-state index in [0.29, 0.717) is 42.9 Å². The van der Waals surface area contributed by atoms with Gasteiger partial charge in [-0.3, -0.25) is 4.79 Å². The molecule has 4 rings (SSSR count). The molecule has 5 nitrogen and oxygen atoms in total. The van der Waals surface area contributed by atoms with Gasteiger partial charge in [0.2, 0.25) is 0 Å². The van der Waals surface area contributed by atoms with Crippen LogP contribution in [0, 0.1) is 5.92 Å². The minimum absolute atomic E-state index is 0.0569. The molecule has 0 fully saturated rings. The van der Waals surface area contributed by atoms with Crippen molar-refractivity contribution in [2.45, 2.75) is 33.2 Å². The topological polar surface area (TPSA) is 48.0 Å². The number of halogens is 1. The van der Waals surface area contributed by atoms with Gasteiger partial charge in [-0.2, -0.15) is 0 Å². The first-order valence-corrected chi connectivity index (χ1v) is 12.5. The predicted octanol–water partition coefficient (Wildman–Crippen LogP) is 6.59. The Bertz CT molecular complexity index is 1150. The molecule has 1 aliphatic rings. The van der Waals surface area contributed by atoms with E-state index in [1.807, 2.05) is 42.2 Å². The first kappa shape index (κ1) is 24.9. The zero-order chi connectivity index (χ0) is 24.8. The number of ether oxygens (including phenoxy) is 3. The molecule has 1 amide bonds. The molecule has 6 heteroatoms. The van der Waals surface area contributed by atoms with Crippen molar-refractivity contribution in [3.63, 3.8) is 0 Å². The fraction of sp³-hybridized carbons (Fsp3) is 0.345. The third-order valence-electron chi connectivity index (χ3n) is 5.93. The quantitative estimate of drug-likeness (QED) is 0.337. The van der Waals surface area contributed by atoms with Crippen molar-refractivity contribution < 1.29 is 19.0 Å². The maximum absolute atomic E-state index is 13.5. The molecule has 0 saturated heterocycles. The van der Waals surface area contributed by atoms with Gasteiger partial charge >= 0.3 is 0 Å². The van der Waals surface area contributed by atoms with Gasteiger partial charge in [0.25, 0.3) is 5.91 Å². The van der Waals surface area contributed by atoms with E-state index in [0.717, 1.165) is 29.2 Å². The van der Waals surface area contributed by atoms with Gasteiger partial charge in [-0.1, -0.05) is 37.6 Å². The van der Waals surface area contributed by atoms with Gasteiger partial charge in [0, 0.05) is 17.1 Å². The average molecular weight is 494 g/mol. The van der Waals surface area contributed by atoms with E-state index in [2.05, 4.69) is 26.0 Å². The van der Waals surface area contributed by atoms with Gasteiger partial charge in [-0.15, -0.1) is 0 Å². The highest BCUT2D eigenvalue weighted by molar-refractivity contribution is 6.30. The summed E-state index contributed by atoms with van der Waals surface area (Å²) >= 11 is 6.17. The molecular formula is C29H32ClNO4. The summed E-state index contributed by atoms with van der Waals surface area (Å²) in [5, 5.41) is 0.544. The summed E-state index contributed by atoms with van der Waals surface area (Å²) in [6, 6.07) is 20.6. The Morgan fingerprint density at radius 1 is 0.971 bits per heavy atom. The molecule has 1 aliphatic heterocycles. The second kappa shape index (κ2) is 11.5. The number of carbonyl (C=O) groups is 1. The molecule has 184 valence electrons. The Kier molecular flexibility index (Phi) is 8.19. The zero-order valence-corrected chi connectivity index (χ0v) is 21.3. The van der Waals surface area contributed by atoms with Crippen LogP contribution in [0.4, 0.5) is 0 Å². The molecule has 1 unspecified atom stereocenters. The predicted molar refractivity (Wildman–Crippen MR) is 139 cm³/mol. The number of hydrogen-bond acceptors (Lipinski definition) is 4. The van der Waals surface area contributed by atoms with Crippen LogP contribution in [0.1, 0.15) is 48.3 Å². The normalized spacial score (nSPS) is 15.0. The number of rotatable bonds is 9. The first-order chi connectivity index (χ1) is 16.9. The van der Waals surface area contributed by atoms with Gasteiger partial charge in [0.15, 0.2) is 0 Å². The summed E-state index contributed by atoms with van der Waals surface area (Å²) in [6.07, 6.45) is 0.750. The van der Waals surface area contributed by atoms with E-state index in [-0.39, 0.29) is 11.9 Å². The van der Waals surface area contributed by atoms with Crippen LogP contribution in [0.3, 0.4) is 0 Å². The lowest BCUT2D eigenvalue weighted by molar-refractivity contribution is 0.0589. The number of amides is 1. The van der Waals surface area contributed by atoms with Gasteiger partial charge < -0.3 is 19.1 Å². The molecule has 0 spiro atoms. The van der Waals surface area contributed by atoms with Crippen LogP contribution in [0.15, 0.2) is 66.7 Å². The largest absolute Gasteiger partial charge is 0.494 e. The maximum Gasteiger partial charge on any atom is 0.254 e. The van der Waals surface area contributed by atoms with Crippen molar-refractivity contribution in [2.24, 2.45) is 5.92 Å². The van der Waals surface area contributed by atoms with Gasteiger partial charge in [0.1, 0.15) is 23.9 Å². The molecule has 0 saturated carbocycles. The van der Waals surface area contributed by atoms with E-state index < -0.39 is 0 Å². The van der Waals surface area contributed by atoms with Crippen LogP contribution < -0.4 is 14.2 Å². The Hall–Kier alpha value is -3.18. The van der Waals surface area contributed by atoms with Gasteiger partial charge in [0.05, 0.1) is 19.3 Å². The maximum atomic E-state index is 13.5. The Morgan fingerprint density at radius 2 is 1.69 bits per heavy atom. The lowest BCUT2D eigenvalue weighted by Gasteiger charge is -2.37. The highest BCUT2D eigenvalue weighted by Gasteiger charge is 2.32. The fourth-order valence-electron chi connectivity index (χ4n) is 4.23. The van der Waals surface area contributed by atoms with E-state index in [4.69, 9.17) is 25.8 Å². The molecule has 0 bridgehead atoms. The molecule has 3 aromatic carbocycles. The fourth-order valence-corrected chi connectivity index (χ4v) is 4.42. The van der Waals surface area contributed by atoms with Crippen LogP contribution in [0.2, 0.25) is 5.02 Å². The summed E-state index contributed by atoms with van der Waals surface area (Å²) in [4.78, 5) is 15.4. The highest BCUT2D eigenvalue weighted by atomic mass is 35.5. The van der Waals surface area contributed by atoms with Crippen molar-refractivity contribution >= 4 is 17.5 Å². The van der Waals surface area contributed by atoms with Crippen LogP contribution >= 0.6 is 11.6 Å². The van der Waals surface area contributed by atoms with E-state index in [9.17, 15) is 4.79 Å². The molecule has 35 heavy (non-hydrogen) atoms. The minimum atomic E-state index is -0.240. The molecule has 0 N–H and O–H groups in total. The van der Waals surface area contributed by atoms with Crippen molar-refractivity contribution in [2.75, 3.05) is 26.4 Å². The number of hydrogen-bond donors (Lipinski definition) is 0. The number of carbonyl (C=O) groups excluding carboxylic acids is 1. The van der Waals surface area contributed by atoms with Gasteiger partial charge in [-0.25, -0.2) is 0 Å². The van der Waals surface area contributed by atoms with Crippen LogP contribution in [0.25, 0.3) is 0 Å². The van der Waals surface area contributed by atoms with E-state index >= 15 is 0 Å². The molecule has 0 aliphatic carbocycles. The molecule has 0 aromatic heterocycles. The molecule has 1 atom stereocenters. The standard InChI is InChI=1S/C29H32ClNO4/c1-4-33-24-8-10-25(11-9-24)35-19-28-27-13-12-26(34-18-20(2)3)17-21(27)14-15-31(28)29(32)22-6-5-7-23(30)16-22/h5-13,16-17,20,28H,4,14-15,18-19H2,1-3H3. The van der Waals surface area contributed by atoms with E-state index in [1.165, 1.54) is 5.56 Å². The summed E-state index contributed by atoms with van der Waals surface area (Å²) in [7, 11) is 0. The summed E-state index contributed by atoms with van der Waals surface area (Å²) in [5.74, 6) is 2.78. The van der Waals surface area contributed by atoms with E-state index in [1.54, 1.807) is 24.3 Å². The Balaban J connectivity index is 1.59. The summed E-state index contributed by atoms with van der Waals surface area (Å²) in [6.45, 7) is 8.42. The molecule has 1 heterocycles. The third kappa shape index (κ3) is 6.29. The SMILES string of the molecule is CCOc1ccc(OCC2c3ccc(OCC(C)C)cc3CCN2C(=O)c2cccc(Cl)c2)cc1. The van der Waals surface area contributed by atoms with Crippen molar-refractivity contribution in [3.8, 4) is 17.2 Å². The highest BCUT2D eigenvalue weighted by Crippen LogP contribution is 2.34. The van der Waals surface area contributed by atoms with Crippen LogP contribution in [-0.4, -0.2) is 37.2 Å². The molecule has 3 aromatic rings. The van der Waals surface area contributed by atoms with Crippen LogP contribution in [0.5, 0.6) is 17.2 Å². The van der Waals surface area contributed by atoms with Crippen LogP contribution in [-0.2, 0) is 6.42 Å². The number of nitrogens with zero attached hydrogens (tertiary/aromatic N) is 1. The summed E-state index contributed by atoms with van der Waals surface area (Å²) < 4.78 is 17.6. The number of fused-ring (bicyclic) bond motifs is 1. The number of benzene rings is 3. The third-order valence-corrected chi connectivity index (χ3v) is 6.17. The Labute approximate surface area is 212 Å². The first-order valence-electron chi connectivity index (χ1n) is 12.1. The van der Waals surface area contributed by atoms with Crippen molar-refractivity contribution in [1.29, 1.82) is 0 Å². The second-order valence-electron chi connectivity index (χ2n) is 9.06. The van der Waals surface area contributed by atoms with Gasteiger partial charge in [-0.05, 0) is 85.0 Å². The lowest BCUT2D eigenvalue weighted by atomic mass is 9.92. The van der Waals surface area contributed by atoms with Crippen molar-refractivity contribution in [1.82, 2.24) is 4.90 Å². The second-order valence-corrected chi connectivity index (χ2v) is 9.49. The zero-order valence-electron chi connectivity index (χ0n) is 20.5. The molecular weight excluding hydrogens is 462 g/mol. The molecule has 0 radical (unpaired) electrons. The lowest BCUT2D eigenvalue weighted by Crippen LogP contribution is -2.42. The Morgan fingerprint density at radius 3 is 2.37 bits per heavy atom. The van der Waals surface area contributed by atoms with Crippen molar-refractivity contribution in [3.05, 3.63) is 88.4 Å². The average Bonchev–Trinajstić information content (AvgIpc) is 2.86. The minimum Gasteiger partial charge on any atom is -0.494 e. The summed E-state index contributed by atoms with van der Waals surface area (Å²) in [5.41, 5.74) is 2.83.